The topological polar surface area (TPSA) is 96.0 Å². The summed E-state index contributed by atoms with van der Waals surface area (Å²) in [4.78, 5) is -0.0396. The number of nitriles is 1. The van der Waals surface area contributed by atoms with E-state index < -0.39 is 10.0 Å². The van der Waals surface area contributed by atoms with Crippen LogP contribution in [-0.2, 0) is 10.0 Å². The van der Waals surface area contributed by atoms with Gasteiger partial charge >= 0.3 is 0 Å². The molecule has 0 amide bonds. The summed E-state index contributed by atoms with van der Waals surface area (Å²) in [5, 5.41) is 9.15. The predicted octanol–water partition coefficient (Wildman–Crippen LogP) is 3.01. The zero-order chi connectivity index (χ0) is 15.6. The average molecular weight is 366 g/mol. The monoisotopic (exact) mass is 365 g/mol. The molecule has 0 bridgehead atoms. The maximum atomic E-state index is 12.4. The Morgan fingerprint density at radius 2 is 2.00 bits per heavy atom. The summed E-state index contributed by atoms with van der Waals surface area (Å²) in [6, 6.07) is 11.5. The highest BCUT2D eigenvalue weighted by molar-refractivity contribution is 9.10. The molecule has 7 heteroatoms. The quantitative estimate of drug-likeness (QED) is 0.817. The van der Waals surface area contributed by atoms with Crippen LogP contribution in [0.2, 0.25) is 0 Å². The minimum Gasteiger partial charge on any atom is -0.398 e. The second-order valence-electron chi connectivity index (χ2n) is 4.40. The first-order chi connectivity index (χ1) is 9.85. The number of anilines is 2. The Bertz CT molecular complexity index is 842. The van der Waals surface area contributed by atoms with Crippen molar-refractivity contribution in [2.45, 2.75) is 11.8 Å². The summed E-state index contributed by atoms with van der Waals surface area (Å²) in [6.45, 7) is 1.74. The van der Waals surface area contributed by atoms with Crippen LogP contribution in [0.4, 0.5) is 11.4 Å². The molecule has 0 spiro atoms. The lowest BCUT2D eigenvalue weighted by Gasteiger charge is -2.12. The van der Waals surface area contributed by atoms with Gasteiger partial charge in [-0.2, -0.15) is 5.26 Å². The molecule has 0 aliphatic carbocycles. The Labute approximate surface area is 131 Å². The number of nitrogen functional groups attached to an aromatic ring is 1. The Morgan fingerprint density at radius 1 is 1.29 bits per heavy atom. The minimum atomic E-state index is -3.87. The Hall–Kier alpha value is -2.04. The van der Waals surface area contributed by atoms with E-state index in [1.165, 1.54) is 18.2 Å². The van der Waals surface area contributed by atoms with E-state index in [9.17, 15) is 8.42 Å². The molecule has 0 fully saturated rings. The lowest BCUT2D eigenvalue weighted by Crippen LogP contribution is -2.16. The van der Waals surface area contributed by atoms with Crippen molar-refractivity contribution in [2.24, 2.45) is 0 Å². The van der Waals surface area contributed by atoms with Crippen molar-refractivity contribution in [3.63, 3.8) is 0 Å². The molecule has 2 aromatic carbocycles. The highest BCUT2D eigenvalue weighted by Gasteiger charge is 2.19. The maximum absolute atomic E-state index is 12.4. The molecule has 0 saturated heterocycles. The van der Waals surface area contributed by atoms with Gasteiger partial charge in [-0.3, -0.25) is 4.72 Å². The number of hydrogen-bond acceptors (Lipinski definition) is 4. The van der Waals surface area contributed by atoms with E-state index in [2.05, 4.69) is 20.7 Å². The second kappa shape index (κ2) is 5.76. The van der Waals surface area contributed by atoms with Gasteiger partial charge in [-0.1, -0.05) is 28.1 Å². The van der Waals surface area contributed by atoms with Crippen LogP contribution in [0.1, 0.15) is 11.1 Å². The molecule has 0 saturated carbocycles. The summed E-state index contributed by atoms with van der Waals surface area (Å²) >= 11 is 3.21. The molecule has 0 aliphatic heterocycles. The van der Waals surface area contributed by atoms with Crippen molar-refractivity contribution < 1.29 is 8.42 Å². The second-order valence-corrected chi connectivity index (χ2v) is 6.96. The van der Waals surface area contributed by atoms with Crippen molar-refractivity contribution in [1.82, 2.24) is 0 Å². The highest BCUT2D eigenvalue weighted by atomic mass is 79.9. The van der Waals surface area contributed by atoms with Gasteiger partial charge in [0.1, 0.15) is 11.0 Å². The lowest BCUT2D eigenvalue weighted by atomic mass is 10.1. The highest BCUT2D eigenvalue weighted by Crippen LogP contribution is 2.27. The normalized spacial score (nSPS) is 10.9. The number of benzene rings is 2. The van der Waals surface area contributed by atoms with Gasteiger partial charge in [-0.05, 0) is 36.8 Å². The van der Waals surface area contributed by atoms with Crippen LogP contribution in [0.25, 0.3) is 0 Å². The van der Waals surface area contributed by atoms with Crippen molar-refractivity contribution in [3.8, 4) is 6.07 Å². The van der Waals surface area contributed by atoms with Crippen molar-refractivity contribution in [1.29, 1.82) is 5.26 Å². The van der Waals surface area contributed by atoms with E-state index in [1.54, 1.807) is 25.1 Å². The number of nitrogens with zero attached hydrogens (tertiary/aromatic N) is 1. The van der Waals surface area contributed by atoms with Crippen molar-refractivity contribution in [3.05, 3.63) is 52.0 Å². The smallest absolute Gasteiger partial charge is 0.264 e. The van der Waals surface area contributed by atoms with Crippen LogP contribution in [0.15, 0.2) is 45.8 Å². The first kappa shape index (κ1) is 15.4. The van der Waals surface area contributed by atoms with Crippen molar-refractivity contribution >= 4 is 37.3 Å². The first-order valence-corrected chi connectivity index (χ1v) is 8.20. The van der Waals surface area contributed by atoms with Crippen LogP contribution in [0.5, 0.6) is 0 Å². The summed E-state index contributed by atoms with van der Waals surface area (Å²) in [5.41, 5.74) is 7.07. The Morgan fingerprint density at radius 3 is 2.67 bits per heavy atom. The Balaban J connectivity index is 2.51. The molecule has 0 atom stereocenters. The van der Waals surface area contributed by atoms with E-state index in [4.69, 9.17) is 11.0 Å². The molecule has 3 N–H and O–H groups in total. The summed E-state index contributed by atoms with van der Waals surface area (Å²) in [5.74, 6) is 0. The van der Waals surface area contributed by atoms with E-state index >= 15 is 0 Å². The van der Waals surface area contributed by atoms with Gasteiger partial charge < -0.3 is 5.73 Å². The van der Waals surface area contributed by atoms with Gasteiger partial charge in [0.05, 0.1) is 16.9 Å². The van der Waals surface area contributed by atoms with Gasteiger partial charge in [0.25, 0.3) is 10.0 Å². The average Bonchev–Trinajstić information content (AvgIpc) is 2.41. The van der Waals surface area contributed by atoms with Gasteiger partial charge in [0.15, 0.2) is 0 Å². The van der Waals surface area contributed by atoms with Crippen molar-refractivity contribution in [2.75, 3.05) is 10.5 Å². The fourth-order valence-electron chi connectivity index (χ4n) is 1.84. The summed E-state index contributed by atoms with van der Waals surface area (Å²) in [7, 11) is -3.87. The van der Waals surface area contributed by atoms with Crippen LogP contribution in [0.3, 0.4) is 0 Å². The van der Waals surface area contributed by atoms with E-state index in [0.29, 0.717) is 10.0 Å². The standard InChI is InChI=1S/C14H12BrN3O2S/c1-9-3-2-4-13(11(9)8-16)18-21(19,20)14-7-10(15)5-6-12(14)17/h2-7,18H,17H2,1H3. The number of nitrogens with one attached hydrogen (secondary N) is 1. The molecule has 108 valence electrons. The molecular weight excluding hydrogens is 354 g/mol. The Kier molecular flexibility index (Phi) is 4.21. The zero-order valence-electron chi connectivity index (χ0n) is 11.1. The zero-order valence-corrected chi connectivity index (χ0v) is 13.5. The molecule has 0 aliphatic rings. The molecule has 0 radical (unpaired) electrons. The third-order valence-corrected chi connectivity index (χ3v) is 4.81. The van der Waals surface area contributed by atoms with Gasteiger partial charge in [0, 0.05) is 4.47 Å². The molecule has 5 nitrogen and oxygen atoms in total. The molecule has 0 aromatic heterocycles. The largest absolute Gasteiger partial charge is 0.398 e. The number of nitrogens with two attached hydrogens (primary N) is 1. The van der Waals surface area contributed by atoms with Gasteiger partial charge in [-0.15, -0.1) is 0 Å². The number of aryl methyl sites for hydroxylation is 1. The van der Waals surface area contributed by atoms with E-state index in [0.717, 1.165) is 0 Å². The lowest BCUT2D eigenvalue weighted by molar-refractivity contribution is 0.601. The maximum Gasteiger partial charge on any atom is 0.264 e. The molecule has 0 unspecified atom stereocenters. The van der Waals surface area contributed by atoms with Crippen LogP contribution >= 0.6 is 15.9 Å². The molecule has 2 rings (SSSR count). The van der Waals surface area contributed by atoms with Gasteiger partial charge in [0.2, 0.25) is 0 Å². The predicted molar refractivity (Wildman–Crippen MR) is 85.3 cm³/mol. The van der Waals surface area contributed by atoms with E-state index in [1.807, 2.05) is 6.07 Å². The molecule has 2 aromatic rings. The SMILES string of the molecule is Cc1cccc(NS(=O)(=O)c2cc(Br)ccc2N)c1C#N. The first-order valence-electron chi connectivity index (χ1n) is 5.92. The number of halogens is 1. The summed E-state index contributed by atoms with van der Waals surface area (Å²) < 4.78 is 27.9. The summed E-state index contributed by atoms with van der Waals surface area (Å²) in [6.07, 6.45) is 0. The molecular formula is C14H12BrN3O2S. The third-order valence-electron chi connectivity index (χ3n) is 2.89. The third kappa shape index (κ3) is 3.17. The van der Waals surface area contributed by atoms with Crippen LogP contribution in [0, 0.1) is 18.3 Å². The number of sulfonamides is 1. The van der Waals surface area contributed by atoms with E-state index in [-0.39, 0.29) is 21.8 Å². The molecule has 0 heterocycles. The number of rotatable bonds is 3. The van der Waals surface area contributed by atoms with Crippen LogP contribution in [-0.4, -0.2) is 8.42 Å². The molecule has 21 heavy (non-hydrogen) atoms. The van der Waals surface area contributed by atoms with Gasteiger partial charge in [-0.25, -0.2) is 8.42 Å². The van der Waals surface area contributed by atoms with Crippen LogP contribution < -0.4 is 10.5 Å². The minimum absolute atomic E-state index is 0.0396. The fraction of sp³-hybridized carbons (Fsp3) is 0.0714. The number of hydrogen-bond donors (Lipinski definition) is 2. The fourth-order valence-corrected chi connectivity index (χ4v) is 3.58.